The fourth-order valence-electron chi connectivity index (χ4n) is 3.67. The molecule has 0 bridgehead atoms. The molecule has 1 saturated heterocycles. The van der Waals surface area contributed by atoms with Gasteiger partial charge < -0.3 is 4.90 Å². The molecule has 0 radical (unpaired) electrons. The number of likely N-dealkylation sites (tertiary alicyclic amines) is 1. The monoisotopic (exact) mass is 328 g/mol. The van der Waals surface area contributed by atoms with Crippen LogP contribution in [-0.2, 0) is 11.3 Å². The lowest BCUT2D eigenvalue weighted by Gasteiger charge is -2.16. The number of nitrogens with zero attached hydrogens (tertiary/aromatic N) is 5. The summed E-state index contributed by atoms with van der Waals surface area (Å²) in [6, 6.07) is 1.84. The predicted octanol–water partition coefficient (Wildman–Crippen LogP) is 1.78. The molecule has 1 saturated carbocycles. The van der Waals surface area contributed by atoms with Crippen LogP contribution in [0.15, 0.2) is 18.5 Å². The van der Waals surface area contributed by atoms with Crippen molar-refractivity contribution in [2.24, 2.45) is 11.8 Å². The minimum Gasteiger partial charge on any atom is -0.340 e. The Morgan fingerprint density at radius 3 is 2.83 bits per heavy atom. The van der Waals surface area contributed by atoms with Crippen LogP contribution < -0.4 is 0 Å². The van der Waals surface area contributed by atoms with E-state index in [4.69, 9.17) is 4.98 Å². The molecule has 2 aromatic rings. The molecule has 7 heteroatoms. The summed E-state index contributed by atoms with van der Waals surface area (Å²) >= 11 is 0. The van der Waals surface area contributed by atoms with Gasteiger partial charge in [-0.05, 0) is 30.7 Å². The van der Waals surface area contributed by atoms with Crippen LogP contribution in [0.1, 0.15) is 50.2 Å². The van der Waals surface area contributed by atoms with Crippen molar-refractivity contribution in [1.82, 2.24) is 29.9 Å². The molecule has 2 aliphatic rings. The molecular weight excluding hydrogens is 304 g/mol. The van der Waals surface area contributed by atoms with E-state index in [1.54, 1.807) is 10.9 Å². The highest BCUT2D eigenvalue weighted by Gasteiger charge is 2.45. The zero-order valence-corrected chi connectivity index (χ0v) is 14.2. The molecule has 7 nitrogen and oxygen atoms in total. The Kier molecular flexibility index (Phi) is 3.86. The van der Waals surface area contributed by atoms with Crippen molar-refractivity contribution in [3.63, 3.8) is 0 Å². The first-order valence-electron chi connectivity index (χ1n) is 8.79. The minimum atomic E-state index is 0.135. The summed E-state index contributed by atoms with van der Waals surface area (Å²) in [4.78, 5) is 19.3. The second kappa shape index (κ2) is 6.03. The molecule has 2 fully saturated rings. The molecule has 0 unspecified atom stereocenters. The molecule has 4 rings (SSSR count). The maximum atomic E-state index is 12.6. The second-order valence-electron chi connectivity index (χ2n) is 7.34. The zero-order valence-electron chi connectivity index (χ0n) is 14.2. The van der Waals surface area contributed by atoms with Gasteiger partial charge in [0.15, 0.2) is 5.82 Å². The summed E-state index contributed by atoms with van der Waals surface area (Å²) in [6.45, 7) is 6.06. The number of carbonyl (C=O) groups is 1. The van der Waals surface area contributed by atoms with Crippen molar-refractivity contribution in [2.75, 3.05) is 13.1 Å². The van der Waals surface area contributed by atoms with E-state index in [1.165, 1.54) is 12.8 Å². The number of hydrogen-bond donors (Lipinski definition) is 1. The Morgan fingerprint density at radius 1 is 1.38 bits per heavy atom. The number of amides is 1. The summed E-state index contributed by atoms with van der Waals surface area (Å²) in [5.41, 5.74) is 0. The van der Waals surface area contributed by atoms with Crippen molar-refractivity contribution in [2.45, 2.75) is 45.1 Å². The summed E-state index contributed by atoms with van der Waals surface area (Å²) in [7, 11) is 0. The summed E-state index contributed by atoms with van der Waals surface area (Å²) in [6.07, 6.45) is 6.07. The average molecular weight is 328 g/mol. The Balaban J connectivity index is 1.50. The summed E-state index contributed by atoms with van der Waals surface area (Å²) < 4.78 is 1.69. The molecule has 0 spiro atoms. The molecule has 128 valence electrons. The van der Waals surface area contributed by atoms with Gasteiger partial charge in [0, 0.05) is 37.3 Å². The van der Waals surface area contributed by atoms with Crippen molar-refractivity contribution in [3.05, 3.63) is 30.1 Å². The lowest BCUT2D eigenvalue weighted by Crippen LogP contribution is -2.32. The fraction of sp³-hybridized carbons (Fsp3) is 0.647. The van der Waals surface area contributed by atoms with Crippen LogP contribution in [0.3, 0.4) is 0 Å². The fourth-order valence-corrected chi connectivity index (χ4v) is 3.67. The largest absolute Gasteiger partial charge is 0.340 e. The van der Waals surface area contributed by atoms with Crippen molar-refractivity contribution < 1.29 is 4.79 Å². The maximum Gasteiger partial charge on any atom is 0.244 e. The normalized spacial score (nSPS) is 24.0. The van der Waals surface area contributed by atoms with Gasteiger partial charge in [-0.25, -0.2) is 4.98 Å². The van der Waals surface area contributed by atoms with Crippen LogP contribution in [-0.4, -0.2) is 48.9 Å². The quantitative estimate of drug-likeness (QED) is 0.907. The van der Waals surface area contributed by atoms with Gasteiger partial charge in [0.25, 0.3) is 0 Å². The lowest BCUT2D eigenvalue weighted by molar-refractivity contribution is -0.131. The molecule has 1 N–H and O–H groups in total. The highest BCUT2D eigenvalue weighted by molar-refractivity contribution is 5.76. The van der Waals surface area contributed by atoms with Crippen LogP contribution >= 0.6 is 0 Å². The van der Waals surface area contributed by atoms with E-state index in [2.05, 4.69) is 29.1 Å². The first-order valence-corrected chi connectivity index (χ1v) is 8.79. The molecule has 2 atom stereocenters. The average Bonchev–Trinajstić information content (AvgIpc) is 2.99. The Hall–Kier alpha value is -2.18. The molecule has 0 aromatic carbocycles. The SMILES string of the molecule is CC(C)c1n[nH]c([C@H]2CN(C(=O)Cn3cccn3)C[C@@H]2C2CC2)n1. The number of carbonyl (C=O) groups excluding carboxylic acids is 1. The molecule has 1 amide bonds. The third-order valence-electron chi connectivity index (χ3n) is 5.19. The third kappa shape index (κ3) is 2.95. The molecule has 24 heavy (non-hydrogen) atoms. The van der Waals surface area contributed by atoms with Crippen molar-refractivity contribution in [1.29, 1.82) is 0 Å². The highest BCUT2D eigenvalue weighted by Crippen LogP contribution is 2.47. The van der Waals surface area contributed by atoms with Gasteiger partial charge in [-0.1, -0.05) is 13.8 Å². The number of rotatable bonds is 5. The molecule has 3 heterocycles. The Morgan fingerprint density at radius 2 is 2.21 bits per heavy atom. The van der Waals surface area contributed by atoms with E-state index in [0.29, 0.717) is 18.4 Å². The van der Waals surface area contributed by atoms with Crippen LogP contribution in [0, 0.1) is 11.8 Å². The molecule has 1 aliphatic heterocycles. The standard InChI is InChI=1S/C17H24N6O/c1-11(2)16-19-17(21-20-16)14-9-22(8-13(14)12-4-5-12)15(24)10-23-7-3-6-18-23/h3,6-7,11-14H,4-5,8-10H2,1-2H3,(H,19,20,21)/t13-,14+/m1/s1. The van der Waals surface area contributed by atoms with Gasteiger partial charge in [0.1, 0.15) is 12.4 Å². The van der Waals surface area contributed by atoms with Crippen molar-refractivity contribution in [3.8, 4) is 0 Å². The van der Waals surface area contributed by atoms with Gasteiger partial charge in [0.2, 0.25) is 5.91 Å². The smallest absolute Gasteiger partial charge is 0.244 e. The zero-order chi connectivity index (χ0) is 16.7. The molecular formula is C17H24N6O. The topological polar surface area (TPSA) is 79.7 Å². The first-order chi connectivity index (χ1) is 11.6. The van der Waals surface area contributed by atoms with Crippen LogP contribution in [0.2, 0.25) is 0 Å². The lowest BCUT2D eigenvalue weighted by atomic mass is 9.91. The number of H-pyrrole nitrogens is 1. The van der Waals surface area contributed by atoms with E-state index in [0.717, 1.165) is 30.7 Å². The highest BCUT2D eigenvalue weighted by atomic mass is 16.2. The maximum absolute atomic E-state index is 12.6. The van der Waals surface area contributed by atoms with Crippen LogP contribution in [0.4, 0.5) is 0 Å². The van der Waals surface area contributed by atoms with E-state index in [9.17, 15) is 4.79 Å². The van der Waals surface area contributed by atoms with Crippen LogP contribution in [0.5, 0.6) is 0 Å². The van der Waals surface area contributed by atoms with Crippen molar-refractivity contribution >= 4 is 5.91 Å². The number of aromatic nitrogens is 5. The molecule has 1 aliphatic carbocycles. The van der Waals surface area contributed by atoms with Gasteiger partial charge in [-0.3, -0.25) is 14.6 Å². The molecule has 2 aromatic heterocycles. The Labute approximate surface area is 141 Å². The first kappa shape index (κ1) is 15.4. The van der Waals surface area contributed by atoms with Gasteiger partial charge in [-0.2, -0.15) is 10.2 Å². The number of hydrogen-bond acceptors (Lipinski definition) is 4. The summed E-state index contributed by atoms with van der Waals surface area (Å²) in [5.74, 6) is 3.76. The second-order valence-corrected chi connectivity index (χ2v) is 7.34. The number of aromatic amines is 1. The van der Waals surface area contributed by atoms with Gasteiger partial charge >= 0.3 is 0 Å². The van der Waals surface area contributed by atoms with Crippen LogP contribution in [0.25, 0.3) is 0 Å². The van der Waals surface area contributed by atoms with Gasteiger partial charge in [-0.15, -0.1) is 0 Å². The third-order valence-corrected chi connectivity index (χ3v) is 5.19. The van der Waals surface area contributed by atoms with E-state index >= 15 is 0 Å². The predicted molar refractivity (Wildman–Crippen MR) is 88.2 cm³/mol. The van der Waals surface area contributed by atoms with E-state index in [1.807, 2.05) is 17.2 Å². The number of nitrogens with one attached hydrogen (secondary N) is 1. The van der Waals surface area contributed by atoms with E-state index < -0.39 is 0 Å². The minimum absolute atomic E-state index is 0.135. The van der Waals surface area contributed by atoms with Gasteiger partial charge in [0.05, 0.1) is 0 Å². The Bertz CT molecular complexity index is 702. The van der Waals surface area contributed by atoms with E-state index in [-0.39, 0.29) is 11.8 Å². The summed E-state index contributed by atoms with van der Waals surface area (Å²) in [5, 5.41) is 11.6.